The highest BCUT2D eigenvalue weighted by Crippen LogP contribution is 2.40. The van der Waals surface area contributed by atoms with Gasteiger partial charge in [-0.2, -0.15) is 0 Å². The number of H-pyrrole nitrogens is 1. The van der Waals surface area contributed by atoms with Gasteiger partial charge in [-0.25, -0.2) is 9.37 Å². The minimum absolute atomic E-state index is 0.145. The standard InChI is InChI=1S/C14H16FN3/c15-12-7-17-14-11(3-4-16-14)13(12)8-5-9-1-2-10(6-8)18-9/h3-4,7-10,18H,1-2,5-6H2,(H,16,17). The molecule has 3 nitrogen and oxygen atoms in total. The predicted octanol–water partition coefficient (Wildman–Crippen LogP) is 2.70. The van der Waals surface area contributed by atoms with E-state index < -0.39 is 0 Å². The van der Waals surface area contributed by atoms with Crippen LogP contribution in [0.2, 0.25) is 0 Å². The smallest absolute Gasteiger partial charge is 0.145 e. The largest absolute Gasteiger partial charge is 0.346 e. The van der Waals surface area contributed by atoms with Crippen molar-refractivity contribution in [2.75, 3.05) is 0 Å². The van der Waals surface area contributed by atoms with E-state index in [9.17, 15) is 4.39 Å². The second-order valence-electron chi connectivity index (χ2n) is 5.57. The Balaban J connectivity index is 1.81. The van der Waals surface area contributed by atoms with Crippen LogP contribution in [0.1, 0.15) is 37.2 Å². The lowest BCUT2D eigenvalue weighted by Crippen LogP contribution is -2.37. The maximum atomic E-state index is 14.2. The van der Waals surface area contributed by atoms with Gasteiger partial charge in [-0.3, -0.25) is 0 Å². The molecule has 4 rings (SSSR count). The fraction of sp³-hybridized carbons (Fsp3) is 0.500. The lowest BCUT2D eigenvalue weighted by molar-refractivity contribution is 0.358. The molecule has 2 saturated heterocycles. The molecule has 0 amide bonds. The number of hydrogen-bond donors (Lipinski definition) is 2. The van der Waals surface area contributed by atoms with E-state index in [0.717, 1.165) is 29.4 Å². The van der Waals surface area contributed by atoms with Gasteiger partial charge in [-0.05, 0) is 37.7 Å². The highest BCUT2D eigenvalue weighted by atomic mass is 19.1. The fourth-order valence-corrected chi connectivity index (χ4v) is 3.71. The normalized spacial score (nSPS) is 31.1. The number of aromatic amines is 1. The molecular weight excluding hydrogens is 229 g/mol. The molecule has 2 aliphatic heterocycles. The summed E-state index contributed by atoms with van der Waals surface area (Å²) in [6.45, 7) is 0. The zero-order chi connectivity index (χ0) is 12.1. The molecule has 2 fully saturated rings. The summed E-state index contributed by atoms with van der Waals surface area (Å²) in [5.41, 5.74) is 1.68. The van der Waals surface area contributed by atoms with Crippen LogP contribution in [0.4, 0.5) is 4.39 Å². The van der Waals surface area contributed by atoms with E-state index in [-0.39, 0.29) is 5.82 Å². The number of nitrogens with one attached hydrogen (secondary N) is 2. The van der Waals surface area contributed by atoms with Gasteiger partial charge >= 0.3 is 0 Å². The number of rotatable bonds is 1. The number of aromatic nitrogens is 2. The lowest BCUT2D eigenvalue weighted by atomic mass is 9.85. The average molecular weight is 245 g/mol. The van der Waals surface area contributed by atoms with E-state index in [1.54, 1.807) is 0 Å². The van der Waals surface area contributed by atoms with Gasteiger partial charge < -0.3 is 10.3 Å². The third-order valence-electron chi connectivity index (χ3n) is 4.46. The molecule has 0 spiro atoms. The van der Waals surface area contributed by atoms with E-state index in [0.29, 0.717) is 18.0 Å². The molecule has 0 aliphatic carbocycles. The van der Waals surface area contributed by atoms with Crippen molar-refractivity contribution in [1.29, 1.82) is 0 Å². The molecule has 2 aromatic rings. The minimum atomic E-state index is -0.145. The summed E-state index contributed by atoms with van der Waals surface area (Å²) in [5.74, 6) is 0.193. The van der Waals surface area contributed by atoms with Crippen LogP contribution in [-0.2, 0) is 0 Å². The molecule has 2 aliphatic rings. The average Bonchev–Trinajstić information content (AvgIpc) is 2.95. The van der Waals surface area contributed by atoms with Crippen molar-refractivity contribution in [1.82, 2.24) is 15.3 Å². The van der Waals surface area contributed by atoms with Gasteiger partial charge in [-0.1, -0.05) is 0 Å². The van der Waals surface area contributed by atoms with Gasteiger partial charge in [0.1, 0.15) is 11.5 Å². The third kappa shape index (κ3) is 1.48. The molecule has 4 heteroatoms. The van der Waals surface area contributed by atoms with Gasteiger partial charge in [-0.15, -0.1) is 0 Å². The molecule has 2 unspecified atom stereocenters. The number of hydrogen-bond acceptors (Lipinski definition) is 2. The Bertz CT molecular complexity index is 580. The van der Waals surface area contributed by atoms with Crippen LogP contribution < -0.4 is 5.32 Å². The van der Waals surface area contributed by atoms with Crippen molar-refractivity contribution in [2.45, 2.75) is 43.7 Å². The van der Waals surface area contributed by atoms with Crippen molar-refractivity contribution in [3.05, 3.63) is 29.8 Å². The zero-order valence-corrected chi connectivity index (χ0v) is 10.1. The van der Waals surface area contributed by atoms with Crippen LogP contribution in [0.5, 0.6) is 0 Å². The van der Waals surface area contributed by atoms with Crippen LogP contribution in [0, 0.1) is 5.82 Å². The summed E-state index contributed by atoms with van der Waals surface area (Å²) in [4.78, 5) is 7.17. The number of piperidine rings is 1. The van der Waals surface area contributed by atoms with Gasteiger partial charge in [0, 0.05) is 29.2 Å². The lowest BCUT2D eigenvalue weighted by Gasteiger charge is -2.29. The monoisotopic (exact) mass is 245 g/mol. The van der Waals surface area contributed by atoms with Gasteiger partial charge in [0.2, 0.25) is 0 Å². The Morgan fingerprint density at radius 1 is 1.22 bits per heavy atom. The molecule has 0 aromatic carbocycles. The van der Waals surface area contributed by atoms with Crippen molar-refractivity contribution < 1.29 is 4.39 Å². The van der Waals surface area contributed by atoms with Crippen LogP contribution in [0.15, 0.2) is 18.5 Å². The number of fused-ring (bicyclic) bond motifs is 3. The van der Waals surface area contributed by atoms with Crippen LogP contribution in [-0.4, -0.2) is 22.1 Å². The zero-order valence-electron chi connectivity index (χ0n) is 10.1. The Labute approximate surface area is 105 Å². The van der Waals surface area contributed by atoms with E-state index >= 15 is 0 Å². The summed E-state index contributed by atoms with van der Waals surface area (Å²) in [5, 5.41) is 4.57. The summed E-state index contributed by atoms with van der Waals surface area (Å²) in [6, 6.07) is 3.11. The maximum Gasteiger partial charge on any atom is 0.145 e. The first-order chi connectivity index (χ1) is 8.81. The summed E-state index contributed by atoms with van der Waals surface area (Å²) < 4.78 is 14.2. The van der Waals surface area contributed by atoms with Crippen molar-refractivity contribution in [3.63, 3.8) is 0 Å². The molecule has 18 heavy (non-hydrogen) atoms. The first-order valence-corrected chi connectivity index (χ1v) is 6.69. The highest BCUT2D eigenvalue weighted by Gasteiger charge is 2.35. The first kappa shape index (κ1) is 10.5. The quantitative estimate of drug-likeness (QED) is 0.811. The Hall–Kier alpha value is -1.42. The SMILES string of the molecule is Fc1cnc2[nH]ccc2c1C1CC2CCC(C1)N2. The first-order valence-electron chi connectivity index (χ1n) is 6.69. The molecule has 4 heterocycles. The highest BCUT2D eigenvalue weighted by molar-refractivity contribution is 5.80. The van der Waals surface area contributed by atoms with Crippen molar-refractivity contribution in [2.24, 2.45) is 0 Å². The molecular formula is C14H16FN3. The Kier molecular flexibility index (Phi) is 2.21. The molecule has 2 N–H and O–H groups in total. The number of halogens is 1. The summed E-state index contributed by atoms with van der Waals surface area (Å²) in [7, 11) is 0. The van der Waals surface area contributed by atoms with E-state index in [4.69, 9.17) is 0 Å². The molecule has 0 radical (unpaired) electrons. The Morgan fingerprint density at radius 2 is 2.00 bits per heavy atom. The molecule has 2 bridgehead atoms. The Morgan fingerprint density at radius 3 is 2.78 bits per heavy atom. The fourth-order valence-electron chi connectivity index (χ4n) is 3.71. The summed E-state index contributed by atoms with van der Waals surface area (Å²) >= 11 is 0. The van der Waals surface area contributed by atoms with Crippen LogP contribution >= 0.6 is 0 Å². The van der Waals surface area contributed by atoms with E-state index in [2.05, 4.69) is 15.3 Å². The van der Waals surface area contributed by atoms with Gasteiger partial charge in [0.25, 0.3) is 0 Å². The number of nitrogens with zero attached hydrogens (tertiary/aromatic N) is 1. The third-order valence-corrected chi connectivity index (χ3v) is 4.46. The maximum absolute atomic E-state index is 14.2. The number of pyridine rings is 1. The molecule has 2 aromatic heterocycles. The van der Waals surface area contributed by atoms with E-state index in [1.807, 2.05) is 12.3 Å². The van der Waals surface area contributed by atoms with Gasteiger partial charge in [0.05, 0.1) is 6.20 Å². The van der Waals surface area contributed by atoms with Crippen molar-refractivity contribution in [3.8, 4) is 0 Å². The predicted molar refractivity (Wildman–Crippen MR) is 68.0 cm³/mol. The second-order valence-corrected chi connectivity index (χ2v) is 5.57. The van der Waals surface area contributed by atoms with Crippen LogP contribution in [0.25, 0.3) is 11.0 Å². The van der Waals surface area contributed by atoms with E-state index in [1.165, 1.54) is 19.0 Å². The topological polar surface area (TPSA) is 40.7 Å². The van der Waals surface area contributed by atoms with Crippen molar-refractivity contribution >= 4 is 11.0 Å². The molecule has 0 saturated carbocycles. The summed E-state index contributed by atoms with van der Waals surface area (Å²) in [6.07, 6.45) is 7.79. The minimum Gasteiger partial charge on any atom is -0.346 e. The van der Waals surface area contributed by atoms with Crippen LogP contribution in [0.3, 0.4) is 0 Å². The molecule has 94 valence electrons. The molecule has 2 atom stereocenters. The second kappa shape index (κ2) is 3.79. The van der Waals surface area contributed by atoms with Gasteiger partial charge in [0.15, 0.2) is 0 Å².